The minimum atomic E-state index is -0.301. The van der Waals surface area contributed by atoms with E-state index in [0.29, 0.717) is 24.5 Å². The Labute approximate surface area is 129 Å². The van der Waals surface area contributed by atoms with Crippen LogP contribution < -0.4 is 0 Å². The van der Waals surface area contributed by atoms with Crippen molar-refractivity contribution in [1.82, 2.24) is 9.80 Å². The van der Waals surface area contributed by atoms with E-state index >= 15 is 0 Å². The number of amides is 1. The van der Waals surface area contributed by atoms with Gasteiger partial charge in [0, 0.05) is 44.2 Å². The summed E-state index contributed by atoms with van der Waals surface area (Å²) in [6.45, 7) is 3.81. The first-order valence-electron chi connectivity index (χ1n) is 7.01. The Morgan fingerprint density at radius 1 is 1.29 bits per heavy atom. The number of carbonyl (C=O) groups is 2. The van der Waals surface area contributed by atoms with Crippen LogP contribution in [0.25, 0.3) is 0 Å². The molecule has 0 radical (unpaired) electrons. The van der Waals surface area contributed by atoms with Gasteiger partial charge in [0.2, 0.25) is 0 Å². The zero-order chi connectivity index (χ0) is 15.1. The number of aldehydes is 1. The molecule has 0 saturated carbocycles. The monoisotopic (exact) mass is 310 g/mol. The van der Waals surface area contributed by atoms with E-state index in [0.717, 1.165) is 31.5 Å². The molecule has 1 fully saturated rings. The quantitative estimate of drug-likeness (QED) is 0.782. The number of hydrogen-bond donors (Lipinski definition) is 0. The van der Waals surface area contributed by atoms with Crippen LogP contribution in [-0.2, 0) is 16.1 Å². The predicted molar refractivity (Wildman–Crippen MR) is 80.3 cm³/mol. The van der Waals surface area contributed by atoms with E-state index < -0.39 is 0 Å². The Hall–Kier alpha value is -1.59. The fourth-order valence-electron chi connectivity index (χ4n) is 2.25. The fourth-order valence-corrected chi connectivity index (χ4v) is 2.47. The van der Waals surface area contributed by atoms with E-state index in [1.54, 1.807) is 17.0 Å². The third-order valence-corrected chi connectivity index (χ3v) is 3.68. The molecule has 2 rings (SSSR count). The molecular weight excluding hydrogens is 292 g/mol. The molecule has 5 nitrogen and oxygen atoms in total. The molecule has 1 aromatic rings. The largest absolute Gasteiger partial charge is 0.445 e. The summed E-state index contributed by atoms with van der Waals surface area (Å²) in [5.41, 5.74) is 0.875. The van der Waals surface area contributed by atoms with Crippen molar-refractivity contribution in [3.8, 4) is 0 Å². The lowest BCUT2D eigenvalue weighted by atomic mass is 10.2. The summed E-state index contributed by atoms with van der Waals surface area (Å²) in [7, 11) is 0. The fraction of sp³-hybridized carbons (Fsp3) is 0.467. The van der Waals surface area contributed by atoms with Crippen LogP contribution in [0.5, 0.6) is 0 Å². The Morgan fingerprint density at radius 3 is 2.71 bits per heavy atom. The van der Waals surface area contributed by atoms with Crippen molar-refractivity contribution in [1.29, 1.82) is 0 Å². The van der Waals surface area contributed by atoms with Crippen molar-refractivity contribution in [2.24, 2.45) is 0 Å². The molecule has 21 heavy (non-hydrogen) atoms. The van der Waals surface area contributed by atoms with Gasteiger partial charge >= 0.3 is 6.09 Å². The summed E-state index contributed by atoms with van der Waals surface area (Å²) < 4.78 is 5.29. The molecule has 6 heteroatoms. The number of rotatable bonds is 5. The Morgan fingerprint density at radius 2 is 2.05 bits per heavy atom. The van der Waals surface area contributed by atoms with Gasteiger partial charge in [-0.1, -0.05) is 23.7 Å². The molecule has 114 valence electrons. The first-order chi connectivity index (χ1) is 10.2. The Balaban J connectivity index is 1.73. The van der Waals surface area contributed by atoms with Gasteiger partial charge < -0.3 is 14.4 Å². The van der Waals surface area contributed by atoms with Crippen LogP contribution in [0.4, 0.5) is 4.79 Å². The van der Waals surface area contributed by atoms with Gasteiger partial charge in [0.15, 0.2) is 0 Å². The van der Waals surface area contributed by atoms with Gasteiger partial charge in [-0.25, -0.2) is 4.79 Å². The zero-order valence-electron chi connectivity index (χ0n) is 11.8. The molecule has 1 amide bonds. The number of piperazine rings is 1. The maximum Gasteiger partial charge on any atom is 0.410 e. The van der Waals surface area contributed by atoms with Crippen molar-refractivity contribution < 1.29 is 14.3 Å². The smallest absolute Gasteiger partial charge is 0.410 e. The third kappa shape index (κ3) is 5.02. The molecule has 0 aromatic heterocycles. The van der Waals surface area contributed by atoms with Crippen LogP contribution >= 0.6 is 11.6 Å². The predicted octanol–water partition coefficient (Wildman–Crippen LogP) is 2.18. The first kappa shape index (κ1) is 15.8. The van der Waals surface area contributed by atoms with Crippen LogP contribution in [0, 0.1) is 0 Å². The summed E-state index contributed by atoms with van der Waals surface area (Å²) in [4.78, 5) is 26.2. The van der Waals surface area contributed by atoms with Gasteiger partial charge in [0.25, 0.3) is 0 Å². The van der Waals surface area contributed by atoms with E-state index in [4.69, 9.17) is 16.3 Å². The summed E-state index contributed by atoms with van der Waals surface area (Å²) in [5.74, 6) is 0. The van der Waals surface area contributed by atoms with E-state index in [9.17, 15) is 9.59 Å². The van der Waals surface area contributed by atoms with E-state index in [1.165, 1.54) is 0 Å². The van der Waals surface area contributed by atoms with E-state index in [1.807, 2.05) is 12.1 Å². The second kappa shape index (κ2) is 8.00. The van der Waals surface area contributed by atoms with Crippen LogP contribution in [0.2, 0.25) is 5.02 Å². The number of benzene rings is 1. The minimum Gasteiger partial charge on any atom is -0.445 e. The Kier molecular flexibility index (Phi) is 6.02. The van der Waals surface area contributed by atoms with Crippen molar-refractivity contribution in [2.45, 2.75) is 13.0 Å². The average Bonchev–Trinajstić information content (AvgIpc) is 2.51. The molecule has 1 aliphatic rings. The highest BCUT2D eigenvalue weighted by atomic mass is 35.5. The third-order valence-electron chi connectivity index (χ3n) is 3.45. The van der Waals surface area contributed by atoms with Gasteiger partial charge in [-0.05, 0) is 17.7 Å². The molecule has 1 heterocycles. The lowest BCUT2D eigenvalue weighted by molar-refractivity contribution is -0.108. The van der Waals surface area contributed by atoms with E-state index in [2.05, 4.69) is 4.90 Å². The maximum atomic E-state index is 12.0. The highest BCUT2D eigenvalue weighted by molar-refractivity contribution is 6.30. The minimum absolute atomic E-state index is 0.227. The topological polar surface area (TPSA) is 49.9 Å². The average molecular weight is 311 g/mol. The molecule has 0 atom stereocenters. The number of carbonyl (C=O) groups excluding carboxylic acids is 2. The van der Waals surface area contributed by atoms with Crippen LogP contribution in [0.15, 0.2) is 24.3 Å². The number of halogens is 1. The van der Waals surface area contributed by atoms with Gasteiger partial charge in [0.05, 0.1) is 0 Å². The van der Waals surface area contributed by atoms with Gasteiger partial charge in [-0.2, -0.15) is 0 Å². The number of nitrogens with zero attached hydrogens (tertiary/aromatic N) is 2. The first-order valence-corrected chi connectivity index (χ1v) is 7.39. The molecule has 0 unspecified atom stereocenters. The van der Waals surface area contributed by atoms with Crippen LogP contribution in [-0.4, -0.2) is 54.9 Å². The normalized spacial score (nSPS) is 15.8. The zero-order valence-corrected chi connectivity index (χ0v) is 12.6. The summed E-state index contributed by atoms with van der Waals surface area (Å²) in [6, 6.07) is 7.27. The number of ether oxygens (including phenoxy) is 1. The highest BCUT2D eigenvalue weighted by Gasteiger charge is 2.21. The molecule has 0 aliphatic carbocycles. The van der Waals surface area contributed by atoms with Crippen molar-refractivity contribution in [2.75, 3.05) is 32.7 Å². The van der Waals surface area contributed by atoms with Crippen molar-refractivity contribution in [3.05, 3.63) is 34.9 Å². The second-order valence-corrected chi connectivity index (χ2v) is 5.40. The molecular formula is C15H19ClN2O3. The van der Waals surface area contributed by atoms with Crippen molar-refractivity contribution >= 4 is 24.0 Å². The number of hydrogen-bond acceptors (Lipinski definition) is 4. The van der Waals surface area contributed by atoms with E-state index in [-0.39, 0.29) is 12.7 Å². The molecule has 1 aromatic carbocycles. The Bertz CT molecular complexity index is 488. The lowest BCUT2D eigenvalue weighted by Crippen LogP contribution is -2.49. The lowest BCUT2D eigenvalue weighted by Gasteiger charge is -2.33. The summed E-state index contributed by atoms with van der Waals surface area (Å²) >= 11 is 5.89. The van der Waals surface area contributed by atoms with Crippen LogP contribution in [0.1, 0.15) is 12.0 Å². The van der Waals surface area contributed by atoms with Crippen LogP contribution in [0.3, 0.4) is 0 Å². The second-order valence-electron chi connectivity index (χ2n) is 4.97. The molecule has 0 N–H and O–H groups in total. The molecule has 1 saturated heterocycles. The van der Waals surface area contributed by atoms with Crippen molar-refractivity contribution in [3.63, 3.8) is 0 Å². The maximum absolute atomic E-state index is 12.0. The molecule has 0 spiro atoms. The highest BCUT2D eigenvalue weighted by Crippen LogP contribution is 2.12. The van der Waals surface area contributed by atoms with Gasteiger partial charge in [0.1, 0.15) is 12.9 Å². The summed E-state index contributed by atoms with van der Waals surface area (Å²) in [6.07, 6.45) is 1.16. The summed E-state index contributed by atoms with van der Waals surface area (Å²) in [5, 5.41) is 0.632. The van der Waals surface area contributed by atoms with Gasteiger partial charge in [-0.3, -0.25) is 4.90 Å². The van der Waals surface area contributed by atoms with Gasteiger partial charge in [-0.15, -0.1) is 0 Å². The molecule has 0 bridgehead atoms. The molecule has 1 aliphatic heterocycles. The standard InChI is InChI=1S/C15H19ClN2O3/c16-14-4-1-3-13(11-14)12-21-15(20)18-8-6-17(7-9-18)5-2-10-19/h1,3-4,10-11H,2,5-9,12H2. The SMILES string of the molecule is O=CCCN1CCN(C(=O)OCc2cccc(Cl)c2)CC1.